The van der Waals surface area contributed by atoms with Crippen molar-refractivity contribution >= 4 is 12.0 Å². The van der Waals surface area contributed by atoms with Gasteiger partial charge in [-0.2, -0.15) is 0 Å². The second-order valence-electron chi connectivity index (χ2n) is 4.03. The summed E-state index contributed by atoms with van der Waals surface area (Å²) in [5.74, 6) is -0.915. The summed E-state index contributed by atoms with van der Waals surface area (Å²) in [4.78, 5) is 22.7. The van der Waals surface area contributed by atoms with Crippen LogP contribution < -0.4 is 11.1 Å². The highest BCUT2D eigenvalue weighted by molar-refractivity contribution is 5.85. The van der Waals surface area contributed by atoms with E-state index in [0.717, 1.165) is 11.1 Å². The van der Waals surface area contributed by atoms with Crippen molar-refractivity contribution in [2.45, 2.75) is 18.4 Å². The van der Waals surface area contributed by atoms with Crippen LogP contribution in [0.15, 0.2) is 24.3 Å². The molecule has 0 heterocycles. The molecule has 0 radical (unpaired) electrons. The molecule has 1 aliphatic rings. The van der Waals surface area contributed by atoms with Crippen LogP contribution in [0.5, 0.6) is 0 Å². The normalized spacial score (nSPS) is 21.7. The van der Waals surface area contributed by atoms with E-state index in [9.17, 15) is 9.59 Å². The Kier molecular flexibility index (Phi) is 2.99. The summed E-state index contributed by atoms with van der Waals surface area (Å²) in [5.41, 5.74) is 7.32. The zero-order valence-electron chi connectivity index (χ0n) is 9.47. The molecule has 0 fully saturated rings. The Balaban J connectivity index is 2.27. The molecule has 2 rings (SSSR count). The Hall–Kier alpha value is -2.04. The minimum absolute atomic E-state index is 0.322. The van der Waals surface area contributed by atoms with Gasteiger partial charge < -0.3 is 15.8 Å². The first kappa shape index (κ1) is 11.4. The van der Waals surface area contributed by atoms with Gasteiger partial charge in [-0.25, -0.2) is 4.79 Å². The Morgan fingerprint density at radius 1 is 1.41 bits per heavy atom. The van der Waals surface area contributed by atoms with Crippen LogP contribution in [0.2, 0.25) is 0 Å². The van der Waals surface area contributed by atoms with Crippen molar-refractivity contribution in [2.24, 2.45) is 5.73 Å². The zero-order valence-corrected chi connectivity index (χ0v) is 9.47. The zero-order chi connectivity index (χ0) is 12.4. The van der Waals surface area contributed by atoms with Gasteiger partial charge in [0.25, 0.3) is 0 Å². The van der Waals surface area contributed by atoms with Crippen LogP contribution in [-0.4, -0.2) is 25.2 Å². The summed E-state index contributed by atoms with van der Waals surface area (Å²) in [6.07, 6.45) is 0.0489. The number of alkyl carbamates (subject to hydrolysis) is 1. The summed E-state index contributed by atoms with van der Waals surface area (Å²) in [6, 6.07) is 7.23. The average Bonchev–Trinajstić information content (AvgIpc) is 2.66. The Labute approximate surface area is 98.9 Å². The van der Waals surface area contributed by atoms with Crippen LogP contribution in [0.25, 0.3) is 0 Å². The van der Waals surface area contributed by atoms with E-state index in [1.165, 1.54) is 7.11 Å². The lowest BCUT2D eigenvalue weighted by molar-refractivity contribution is -0.119. The lowest BCUT2D eigenvalue weighted by atomic mass is 9.98. The van der Waals surface area contributed by atoms with Crippen molar-refractivity contribution in [1.29, 1.82) is 0 Å². The second-order valence-corrected chi connectivity index (χ2v) is 4.03. The minimum Gasteiger partial charge on any atom is -0.453 e. The van der Waals surface area contributed by atoms with Gasteiger partial charge in [0.05, 0.1) is 19.1 Å². The number of methoxy groups -OCH3 is 1. The van der Waals surface area contributed by atoms with E-state index in [1.54, 1.807) is 0 Å². The van der Waals surface area contributed by atoms with Crippen molar-refractivity contribution in [1.82, 2.24) is 5.32 Å². The Morgan fingerprint density at radius 2 is 2.12 bits per heavy atom. The molecule has 1 aromatic carbocycles. The van der Waals surface area contributed by atoms with Gasteiger partial charge >= 0.3 is 6.09 Å². The van der Waals surface area contributed by atoms with Crippen molar-refractivity contribution in [2.75, 3.05) is 7.11 Å². The summed E-state index contributed by atoms with van der Waals surface area (Å²) in [7, 11) is 1.29. The molecule has 17 heavy (non-hydrogen) atoms. The highest BCUT2D eigenvalue weighted by Gasteiger charge is 2.37. The molecular formula is C12H14N2O3. The van der Waals surface area contributed by atoms with Crippen LogP contribution in [0.4, 0.5) is 4.79 Å². The Bertz CT molecular complexity index is 459. The first-order valence-corrected chi connectivity index (χ1v) is 5.35. The predicted octanol–water partition coefficient (Wildman–Crippen LogP) is 0.536. The highest BCUT2D eigenvalue weighted by Crippen LogP contribution is 2.32. The van der Waals surface area contributed by atoms with E-state index in [2.05, 4.69) is 10.1 Å². The van der Waals surface area contributed by atoms with Gasteiger partial charge in [-0.3, -0.25) is 4.79 Å². The summed E-state index contributed by atoms with van der Waals surface area (Å²) >= 11 is 0. The van der Waals surface area contributed by atoms with Crippen LogP contribution in [0, 0.1) is 0 Å². The molecule has 1 aromatic rings. The van der Waals surface area contributed by atoms with E-state index in [1.807, 2.05) is 24.3 Å². The molecule has 2 unspecified atom stereocenters. The third-order valence-electron chi connectivity index (χ3n) is 3.03. The van der Waals surface area contributed by atoms with E-state index in [0.29, 0.717) is 6.42 Å². The maximum atomic E-state index is 11.5. The number of amides is 2. The average molecular weight is 234 g/mol. The third-order valence-corrected chi connectivity index (χ3v) is 3.03. The maximum Gasteiger partial charge on any atom is 0.407 e. The molecule has 1 aliphatic carbocycles. The number of ether oxygens (including phenoxy) is 1. The fourth-order valence-corrected chi connectivity index (χ4v) is 2.29. The monoisotopic (exact) mass is 234 g/mol. The lowest BCUT2D eigenvalue weighted by Gasteiger charge is -2.17. The number of rotatable bonds is 2. The van der Waals surface area contributed by atoms with Crippen LogP contribution >= 0.6 is 0 Å². The highest BCUT2D eigenvalue weighted by atomic mass is 16.5. The SMILES string of the molecule is COC(=O)NC1Cc2ccccc2C1C(N)=O. The number of hydrogen-bond donors (Lipinski definition) is 2. The molecule has 0 saturated carbocycles. The molecule has 3 N–H and O–H groups in total. The van der Waals surface area contributed by atoms with Crippen molar-refractivity contribution in [3.8, 4) is 0 Å². The summed E-state index contributed by atoms with van der Waals surface area (Å²) in [5, 5.41) is 2.64. The Morgan fingerprint density at radius 3 is 2.76 bits per heavy atom. The number of hydrogen-bond acceptors (Lipinski definition) is 3. The van der Waals surface area contributed by atoms with E-state index >= 15 is 0 Å². The van der Waals surface area contributed by atoms with Crippen molar-refractivity contribution in [3.63, 3.8) is 0 Å². The number of fused-ring (bicyclic) bond motifs is 1. The first-order valence-electron chi connectivity index (χ1n) is 5.35. The quantitative estimate of drug-likeness (QED) is 0.783. The van der Waals surface area contributed by atoms with Gasteiger partial charge in [0.2, 0.25) is 5.91 Å². The predicted molar refractivity (Wildman–Crippen MR) is 61.4 cm³/mol. The molecule has 0 saturated heterocycles. The van der Waals surface area contributed by atoms with Gasteiger partial charge in [0.1, 0.15) is 0 Å². The molecular weight excluding hydrogens is 220 g/mol. The lowest BCUT2D eigenvalue weighted by Crippen LogP contribution is -2.42. The molecule has 0 spiro atoms. The van der Waals surface area contributed by atoms with Crippen molar-refractivity contribution < 1.29 is 14.3 Å². The van der Waals surface area contributed by atoms with E-state index < -0.39 is 17.9 Å². The molecule has 2 atom stereocenters. The molecule has 0 aromatic heterocycles. The fourth-order valence-electron chi connectivity index (χ4n) is 2.29. The molecule has 5 heteroatoms. The number of benzene rings is 1. The number of carbonyl (C=O) groups is 2. The van der Waals surface area contributed by atoms with Gasteiger partial charge in [-0.15, -0.1) is 0 Å². The molecule has 5 nitrogen and oxygen atoms in total. The van der Waals surface area contributed by atoms with Gasteiger partial charge in [-0.1, -0.05) is 24.3 Å². The number of primary amides is 1. The summed E-state index contributed by atoms with van der Waals surface area (Å²) in [6.45, 7) is 0. The third kappa shape index (κ3) is 2.08. The second kappa shape index (κ2) is 4.45. The molecule has 0 aliphatic heterocycles. The standard InChI is InChI=1S/C12H14N2O3/c1-17-12(16)14-9-6-7-4-2-3-5-8(7)10(9)11(13)15/h2-5,9-10H,6H2,1H3,(H2,13,15)(H,14,16). The molecule has 90 valence electrons. The first-order chi connectivity index (χ1) is 8.13. The number of nitrogens with two attached hydrogens (primary N) is 1. The van der Waals surface area contributed by atoms with E-state index in [-0.39, 0.29) is 6.04 Å². The summed E-state index contributed by atoms with van der Waals surface area (Å²) < 4.78 is 4.54. The molecule has 0 bridgehead atoms. The van der Waals surface area contributed by atoms with Gasteiger partial charge in [-0.05, 0) is 17.5 Å². The topological polar surface area (TPSA) is 81.4 Å². The smallest absolute Gasteiger partial charge is 0.407 e. The van der Waals surface area contributed by atoms with Crippen LogP contribution in [0.1, 0.15) is 17.0 Å². The van der Waals surface area contributed by atoms with Gasteiger partial charge in [0, 0.05) is 0 Å². The largest absolute Gasteiger partial charge is 0.453 e. The molecule has 2 amide bonds. The number of nitrogens with one attached hydrogen (secondary N) is 1. The van der Waals surface area contributed by atoms with Crippen LogP contribution in [-0.2, 0) is 16.0 Å². The number of carbonyl (C=O) groups excluding carboxylic acids is 2. The van der Waals surface area contributed by atoms with Crippen LogP contribution in [0.3, 0.4) is 0 Å². The fraction of sp³-hybridized carbons (Fsp3) is 0.333. The van der Waals surface area contributed by atoms with Crippen molar-refractivity contribution in [3.05, 3.63) is 35.4 Å². The maximum absolute atomic E-state index is 11.5. The van der Waals surface area contributed by atoms with E-state index in [4.69, 9.17) is 5.73 Å². The van der Waals surface area contributed by atoms with Gasteiger partial charge in [0.15, 0.2) is 0 Å². The minimum atomic E-state index is -0.547.